The first-order valence-corrected chi connectivity index (χ1v) is 4.72. The van der Waals surface area contributed by atoms with Crippen molar-refractivity contribution in [2.75, 3.05) is 0 Å². The van der Waals surface area contributed by atoms with Gasteiger partial charge in [-0.05, 0) is 13.0 Å². The molecule has 2 heterocycles. The van der Waals surface area contributed by atoms with Crippen molar-refractivity contribution >= 4 is 0 Å². The topological polar surface area (TPSA) is 83.8 Å². The molecule has 0 aliphatic carbocycles. The van der Waals surface area contributed by atoms with E-state index < -0.39 is 23.2 Å². The number of aromatic nitrogens is 4. The number of halogens is 3. The molecule has 18 heavy (non-hydrogen) atoms. The molecule has 96 valence electrons. The fourth-order valence-electron chi connectivity index (χ4n) is 1.35. The minimum Gasteiger partial charge on any atom is -0.493 e. The summed E-state index contributed by atoms with van der Waals surface area (Å²) in [5.41, 5.74) is -2.62. The van der Waals surface area contributed by atoms with Crippen molar-refractivity contribution in [3.8, 4) is 11.8 Å². The maximum Gasteiger partial charge on any atom is 0.426 e. The van der Waals surface area contributed by atoms with Gasteiger partial charge in [0.2, 0.25) is 11.8 Å². The number of rotatable bonds is 1. The molecule has 0 saturated heterocycles. The maximum atomic E-state index is 12.4. The minimum absolute atomic E-state index is 0.293. The molecule has 6 nitrogen and oxygen atoms in total. The van der Waals surface area contributed by atoms with Gasteiger partial charge in [0.25, 0.3) is 5.56 Å². The van der Waals surface area contributed by atoms with E-state index >= 15 is 0 Å². The zero-order valence-corrected chi connectivity index (χ0v) is 8.99. The van der Waals surface area contributed by atoms with Crippen LogP contribution < -0.4 is 5.56 Å². The van der Waals surface area contributed by atoms with E-state index in [2.05, 4.69) is 10.1 Å². The van der Waals surface area contributed by atoms with Gasteiger partial charge < -0.3 is 5.11 Å². The molecule has 2 aromatic rings. The molecule has 2 N–H and O–H groups in total. The molecule has 0 aliphatic rings. The first-order valence-electron chi connectivity index (χ1n) is 4.72. The summed E-state index contributed by atoms with van der Waals surface area (Å²) in [6.07, 6.45) is -3.58. The Hall–Kier alpha value is -2.32. The van der Waals surface area contributed by atoms with Gasteiger partial charge in [-0.3, -0.25) is 9.78 Å². The van der Waals surface area contributed by atoms with E-state index in [0.717, 1.165) is 4.68 Å². The monoisotopic (exact) mass is 260 g/mol. The lowest BCUT2D eigenvalue weighted by molar-refractivity contribution is -0.140. The number of nitrogens with one attached hydrogen (secondary N) is 1. The number of alkyl halides is 3. The molecular formula is C9H7F3N4O2. The van der Waals surface area contributed by atoms with Crippen LogP contribution in [0.25, 0.3) is 5.95 Å². The van der Waals surface area contributed by atoms with Gasteiger partial charge in [-0.1, -0.05) is 0 Å². The lowest BCUT2D eigenvalue weighted by atomic mass is 10.3. The molecule has 0 saturated carbocycles. The second-order valence-corrected chi connectivity index (χ2v) is 3.49. The van der Waals surface area contributed by atoms with Crippen LogP contribution in [0.15, 0.2) is 17.1 Å². The van der Waals surface area contributed by atoms with Crippen LogP contribution in [-0.2, 0) is 6.18 Å². The van der Waals surface area contributed by atoms with E-state index in [1.807, 2.05) is 4.98 Å². The molecule has 2 aromatic heterocycles. The quantitative estimate of drug-likeness (QED) is 0.800. The molecule has 0 aliphatic heterocycles. The van der Waals surface area contributed by atoms with Crippen LogP contribution in [0.4, 0.5) is 13.2 Å². The Labute approximate surface area is 97.7 Å². The third kappa shape index (κ3) is 2.06. The van der Waals surface area contributed by atoms with Gasteiger partial charge in [-0.2, -0.15) is 23.3 Å². The van der Waals surface area contributed by atoms with Gasteiger partial charge in [0.05, 0.1) is 5.69 Å². The van der Waals surface area contributed by atoms with Gasteiger partial charge in [-0.15, -0.1) is 0 Å². The Morgan fingerprint density at radius 1 is 1.44 bits per heavy atom. The number of H-pyrrole nitrogens is 1. The van der Waals surface area contributed by atoms with Gasteiger partial charge in [0.1, 0.15) is 0 Å². The van der Waals surface area contributed by atoms with E-state index in [0.29, 0.717) is 5.69 Å². The molecule has 0 atom stereocenters. The van der Waals surface area contributed by atoms with E-state index in [9.17, 15) is 23.1 Å². The third-order valence-electron chi connectivity index (χ3n) is 2.11. The molecule has 0 bridgehead atoms. The van der Waals surface area contributed by atoms with Crippen molar-refractivity contribution in [2.45, 2.75) is 13.1 Å². The molecule has 0 amide bonds. The second-order valence-electron chi connectivity index (χ2n) is 3.49. The van der Waals surface area contributed by atoms with Crippen molar-refractivity contribution in [1.29, 1.82) is 0 Å². The van der Waals surface area contributed by atoms with Crippen molar-refractivity contribution in [3.63, 3.8) is 0 Å². The first-order chi connectivity index (χ1) is 8.29. The summed E-state index contributed by atoms with van der Waals surface area (Å²) in [7, 11) is 0. The van der Waals surface area contributed by atoms with Crippen LogP contribution >= 0.6 is 0 Å². The first kappa shape index (κ1) is 12.1. The van der Waals surface area contributed by atoms with Crippen LogP contribution in [0.2, 0.25) is 0 Å². The zero-order valence-electron chi connectivity index (χ0n) is 8.99. The Balaban J connectivity index is 2.60. The molecule has 0 spiro atoms. The molecule has 2 rings (SSSR count). The lowest BCUT2D eigenvalue weighted by Gasteiger charge is -2.08. The Kier molecular flexibility index (Phi) is 2.60. The highest BCUT2D eigenvalue weighted by Crippen LogP contribution is 2.31. The molecule has 9 heteroatoms. The number of aromatic hydroxyl groups is 1. The van der Waals surface area contributed by atoms with Gasteiger partial charge in [0.15, 0.2) is 5.56 Å². The molecular weight excluding hydrogens is 253 g/mol. The Morgan fingerprint density at radius 3 is 2.56 bits per heavy atom. The average Bonchev–Trinajstić information content (AvgIpc) is 2.61. The van der Waals surface area contributed by atoms with Crippen molar-refractivity contribution < 1.29 is 18.3 Å². The van der Waals surface area contributed by atoms with Crippen LogP contribution in [0.3, 0.4) is 0 Å². The summed E-state index contributed by atoms with van der Waals surface area (Å²) < 4.78 is 38.3. The number of hydrogen-bond acceptors (Lipinski definition) is 4. The summed E-state index contributed by atoms with van der Waals surface area (Å²) in [5, 5.41) is 13.0. The average molecular weight is 260 g/mol. The van der Waals surface area contributed by atoms with Crippen LogP contribution in [0.5, 0.6) is 5.88 Å². The predicted octanol–water partition coefficient (Wildman–Crippen LogP) is 0.988. The van der Waals surface area contributed by atoms with E-state index in [1.165, 1.54) is 6.20 Å². The minimum atomic E-state index is -4.97. The molecule has 0 fully saturated rings. The SMILES string of the molecule is Cc1ccn(-c2nc(O)c(C(F)(F)F)c(=O)[nH]2)n1. The smallest absolute Gasteiger partial charge is 0.426 e. The second kappa shape index (κ2) is 3.86. The standard InChI is InChI=1S/C9H7F3N4O2/c1-4-2-3-16(15-4)8-13-6(17)5(7(18)14-8)9(10,11)12/h2-3H,1H3,(H2,13,14,17,18). The summed E-state index contributed by atoms with van der Waals surface area (Å²) in [6, 6.07) is 1.56. The van der Waals surface area contributed by atoms with Crippen LogP contribution in [0, 0.1) is 6.92 Å². The van der Waals surface area contributed by atoms with Crippen LogP contribution in [-0.4, -0.2) is 24.9 Å². The highest BCUT2D eigenvalue weighted by Gasteiger charge is 2.38. The van der Waals surface area contributed by atoms with Gasteiger partial charge in [-0.25, -0.2) is 4.68 Å². The van der Waals surface area contributed by atoms with Gasteiger partial charge >= 0.3 is 6.18 Å². The zero-order chi connectivity index (χ0) is 13.5. The van der Waals surface area contributed by atoms with Crippen molar-refractivity contribution in [1.82, 2.24) is 19.7 Å². The highest BCUT2D eigenvalue weighted by atomic mass is 19.4. The molecule has 0 aromatic carbocycles. The number of nitrogens with zero attached hydrogens (tertiary/aromatic N) is 3. The predicted molar refractivity (Wildman–Crippen MR) is 53.4 cm³/mol. The summed E-state index contributed by atoms with van der Waals surface area (Å²) >= 11 is 0. The number of hydrogen-bond donors (Lipinski definition) is 2. The van der Waals surface area contributed by atoms with Crippen molar-refractivity contribution in [2.24, 2.45) is 0 Å². The maximum absolute atomic E-state index is 12.4. The van der Waals surface area contributed by atoms with E-state index in [4.69, 9.17) is 0 Å². The van der Waals surface area contributed by atoms with E-state index in [1.54, 1.807) is 13.0 Å². The fourth-order valence-corrected chi connectivity index (χ4v) is 1.35. The van der Waals surface area contributed by atoms with Crippen LogP contribution in [0.1, 0.15) is 11.3 Å². The Morgan fingerprint density at radius 2 is 2.11 bits per heavy atom. The van der Waals surface area contributed by atoms with Crippen molar-refractivity contribution in [3.05, 3.63) is 33.9 Å². The molecule has 0 radical (unpaired) electrons. The molecule has 0 unspecified atom stereocenters. The summed E-state index contributed by atoms with van der Waals surface area (Å²) in [6.45, 7) is 1.65. The van der Waals surface area contributed by atoms with Gasteiger partial charge in [0, 0.05) is 6.20 Å². The van der Waals surface area contributed by atoms with E-state index in [-0.39, 0.29) is 5.95 Å². The Bertz CT molecular complexity index is 644. The lowest BCUT2D eigenvalue weighted by Crippen LogP contribution is -2.24. The fraction of sp³-hybridized carbons (Fsp3) is 0.222. The summed E-state index contributed by atoms with van der Waals surface area (Å²) in [5.74, 6) is -1.67. The third-order valence-corrected chi connectivity index (χ3v) is 2.11. The number of aryl methyl sites for hydroxylation is 1. The highest BCUT2D eigenvalue weighted by molar-refractivity contribution is 5.29. The normalized spacial score (nSPS) is 11.8. The summed E-state index contributed by atoms with van der Waals surface area (Å²) in [4.78, 5) is 16.4. The largest absolute Gasteiger partial charge is 0.493 e. The number of aromatic amines is 1.